The molecule has 1 N–H and O–H groups in total. The Labute approximate surface area is 138 Å². The van der Waals surface area contributed by atoms with Crippen LogP contribution in [-0.2, 0) is 13.0 Å². The van der Waals surface area contributed by atoms with E-state index in [-0.39, 0.29) is 0 Å². The topological polar surface area (TPSA) is 29.3 Å². The van der Waals surface area contributed by atoms with E-state index >= 15 is 0 Å². The molecule has 3 rings (SSSR count). The highest BCUT2D eigenvalue weighted by atomic mass is 15.1. The highest BCUT2D eigenvalue weighted by molar-refractivity contribution is 5.69. The van der Waals surface area contributed by atoms with Gasteiger partial charge in [0.25, 0.3) is 0 Å². The molecule has 0 aliphatic carbocycles. The first-order valence-electron chi connectivity index (χ1n) is 8.28. The molecule has 23 heavy (non-hydrogen) atoms. The van der Waals surface area contributed by atoms with Crippen molar-refractivity contribution in [2.24, 2.45) is 0 Å². The van der Waals surface area contributed by atoms with E-state index in [2.05, 4.69) is 74.8 Å². The normalized spacial score (nSPS) is 11.2. The first-order valence-corrected chi connectivity index (χ1v) is 8.28. The van der Waals surface area contributed by atoms with Gasteiger partial charge in [0.2, 0.25) is 0 Å². The predicted molar refractivity (Wildman–Crippen MR) is 97.3 cm³/mol. The molecule has 3 nitrogen and oxygen atoms in total. The van der Waals surface area contributed by atoms with Crippen molar-refractivity contribution in [3.8, 4) is 0 Å². The third-order valence-electron chi connectivity index (χ3n) is 4.68. The maximum absolute atomic E-state index is 4.73. The number of anilines is 1. The van der Waals surface area contributed by atoms with Gasteiger partial charge in [0.05, 0.1) is 11.4 Å². The Balaban J connectivity index is 1.98. The second-order valence-electron chi connectivity index (χ2n) is 6.33. The molecule has 0 atom stereocenters. The van der Waals surface area contributed by atoms with Crippen LogP contribution in [0.15, 0.2) is 30.5 Å². The molecule has 3 aromatic rings. The van der Waals surface area contributed by atoms with E-state index in [0.717, 1.165) is 30.0 Å². The van der Waals surface area contributed by atoms with E-state index in [1.807, 2.05) is 0 Å². The molecule has 2 aromatic heterocycles. The van der Waals surface area contributed by atoms with Crippen LogP contribution >= 0.6 is 0 Å². The molecule has 0 amide bonds. The largest absolute Gasteiger partial charge is 0.378 e. The molecule has 0 bridgehead atoms. The van der Waals surface area contributed by atoms with Crippen molar-refractivity contribution in [2.45, 2.75) is 47.6 Å². The summed E-state index contributed by atoms with van der Waals surface area (Å²) in [6.07, 6.45) is 3.21. The number of aromatic nitrogens is 2. The minimum atomic E-state index is 0.833. The minimum absolute atomic E-state index is 0.833. The summed E-state index contributed by atoms with van der Waals surface area (Å²) in [4.78, 5) is 4.73. The molecule has 3 heteroatoms. The highest BCUT2D eigenvalue weighted by Gasteiger charge is 2.11. The third kappa shape index (κ3) is 2.83. The van der Waals surface area contributed by atoms with Crippen molar-refractivity contribution in [1.29, 1.82) is 0 Å². The van der Waals surface area contributed by atoms with E-state index in [0.29, 0.717) is 0 Å². The summed E-state index contributed by atoms with van der Waals surface area (Å²) < 4.78 is 2.19. The number of hydrogen-bond donors (Lipinski definition) is 1. The fourth-order valence-electron chi connectivity index (χ4n) is 3.17. The van der Waals surface area contributed by atoms with E-state index in [4.69, 9.17) is 4.98 Å². The first-order chi connectivity index (χ1) is 11.0. The molecule has 0 saturated heterocycles. The van der Waals surface area contributed by atoms with Gasteiger partial charge in [-0.15, -0.1) is 0 Å². The quantitative estimate of drug-likeness (QED) is 0.754. The molecule has 0 saturated carbocycles. The van der Waals surface area contributed by atoms with Gasteiger partial charge < -0.3 is 9.72 Å². The lowest BCUT2D eigenvalue weighted by atomic mass is 10.00. The lowest BCUT2D eigenvalue weighted by Gasteiger charge is -2.14. The summed E-state index contributed by atoms with van der Waals surface area (Å²) in [6.45, 7) is 11.5. The number of hydrogen-bond acceptors (Lipinski definition) is 2. The number of pyridine rings is 1. The van der Waals surface area contributed by atoms with Crippen LogP contribution in [0.3, 0.4) is 0 Å². The minimum Gasteiger partial charge on any atom is -0.378 e. The molecule has 1 aromatic carbocycles. The first kappa shape index (κ1) is 15.6. The summed E-state index contributed by atoms with van der Waals surface area (Å²) in [6, 6.07) is 8.74. The van der Waals surface area contributed by atoms with E-state index in [9.17, 15) is 0 Å². The fourth-order valence-corrected chi connectivity index (χ4v) is 3.17. The van der Waals surface area contributed by atoms with E-state index in [1.54, 1.807) is 0 Å². The number of fused-ring (bicyclic) bond motifs is 1. The third-order valence-corrected chi connectivity index (χ3v) is 4.68. The van der Waals surface area contributed by atoms with E-state index in [1.165, 1.54) is 27.9 Å². The van der Waals surface area contributed by atoms with Crippen LogP contribution in [0, 0.1) is 27.7 Å². The summed E-state index contributed by atoms with van der Waals surface area (Å²) in [5, 5.41) is 3.62. The summed E-state index contributed by atoms with van der Waals surface area (Å²) in [5.74, 6) is 0. The SMILES string of the molecule is CCc1cccc(C)c1CNc1cc(C)cn2c(C)c(C)nc12. The zero-order chi connectivity index (χ0) is 16.6. The second kappa shape index (κ2) is 6.07. The number of aryl methyl sites for hydroxylation is 5. The smallest absolute Gasteiger partial charge is 0.160 e. The summed E-state index contributed by atoms with van der Waals surface area (Å²) >= 11 is 0. The molecule has 0 radical (unpaired) electrons. The van der Waals surface area contributed by atoms with Crippen molar-refractivity contribution in [2.75, 3.05) is 5.32 Å². The predicted octanol–water partition coefficient (Wildman–Crippen LogP) is 4.74. The van der Waals surface area contributed by atoms with Gasteiger partial charge in [-0.25, -0.2) is 4.98 Å². The van der Waals surface area contributed by atoms with Crippen LogP contribution in [0.1, 0.15) is 40.6 Å². The van der Waals surface area contributed by atoms with E-state index < -0.39 is 0 Å². The van der Waals surface area contributed by atoms with Crippen LogP contribution in [0.2, 0.25) is 0 Å². The van der Waals surface area contributed by atoms with Crippen LogP contribution in [0.5, 0.6) is 0 Å². The van der Waals surface area contributed by atoms with Gasteiger partial charge in [-0.3, -0.25) is 0 Å². The van der Waals surface area contributed by atoms with Crippen molar-refractivity contribution in [3.63, 3.8) is 0 Å². The van der Waals surface area contributed by atoms with Crippen LogP contribution in [0.4, 0.5) is 5.69 Å². The Morgan fingerprint density at radius 1 is 1.13 bits per heavy atom. The van der Waals surface area contributed by atoms with Crippen LogP contribution < -0.4 is 5.32 Å². The molecule has 2 heterocycles. The van der Waals surface area contributed by atoms with Gasteiger partial charge in [-0.05, 0) is 62.4 Å². The number of nitrogens with zero attached hydrogens (tertiary/aromatic N) is 2. The Morgan fingerprint density at radius 3 is 2.65 bits per heavy atom. The molecular weight excluding hydrogens is 282 g/mol. The maximum Gasteiger partial charge on any atom is 0.160 e. The van der Waals surface area contributed by atoms with Gasteiger partial charge in [-0.1, -0.05) is 25.1 Å². The van der Waals surface area contributed by atoms with Crippen molar-refractivity contribution in [1.82, 2.24) is 9.38 Å². The number of rotatable bonds is 4. The van der Waals surface area contributed by atoms with Crippen molar-refractivity contribution in [3.05, 3.63) is 64.1 Å². The molecular formula is C20H25N3. The number of imidazole rings is 1. The van der Waals surface area contributed by atoms with Crippen molar-refractivity contribution >= 4 is 11.3 Å². The number of benzene rings is 1. The van der Waals surface area contributed by atoms with Gasteiger partial charge >= 0.3 is 0 Å². The van der Waals surface area contributed by atoms with Gasteiger partial charge in [0.15, 0.2) is 5.65 Å². The number of nitrogens with one attached hydrogen (secondary N) is 1. The average molecular weight is 307 g/mol. The average Bonchev–Trinajstić information content (AvgIpc) is 2.81. The van der Waals surface area contributed by atoms with Crippen molar-refractivity contribution < 1.29 is 0 Å². The molecule has 0 aliphatic rings. The Hall–Kier alpha value is -2.29. The van der Waals surface area contributed by atoms with Gasteiger partial charge in [-0.2, -0.15) is 0 Å². The zero-order valence-electron chi connectivity index (χ0n) is 14.7. The Morgan fingerprint density at radius 2 is 1.91 bits per heavy atom. The lowest BCUT2D eigenvalue weighted by molar-refractivity contribution is 1.02. The Kier molecular flexibility index (Phi) is 4.12. The highest BCUT2D eigenvalue weighted by Crippen LogP contribution is 2.23. The summed E-state index contributed by atoms with van der Waals surface area (Å²) in [7, 11) is 0. The van der Waals surface area contributed by atoms with Gasteiger partial charge in [0, 0.05) is 18.4 Å². The summed E-state index contributed by atoms with van der Waals surface area (Å²) in [5.41, 5.74) is 9.80. The monoisotopic (exact) mass is 307 g/mol. The lowest BCUT2D eigenvalue weighted by Crippen LogP contribution is -2.06. The maximum atomic E-state index is 4.73. The van der Waals surface area contributed by atoms with Gasteiger partial charge in [0.1, 0.15) is 0 Å². The standard InChI is InChI=1S/C20H25N3/c1-6-17-9-7-8-14(3)18(17)11-21-19-10-13(2)12-23-16(5)15(4)22-20(19)23/h7-10,12,21H,6,11H2,1-5H3. The Bertz CT molecular complexity index is 859. The molecule has 0 aliphatic heterocycles. The van der Waals surface area contributed by atoms with Crippen LogP contribution in [-0.4, -0.2) is 9.38 Å². The molecule has 0 fully saturated rings. The molecule has 120 valence electrons. The fraction of sp³-hybridized carbons (Fsp3) is 0.350. The van der Waals surface area contributed by atoms with Crippen LogP contribution in [0.25, 0.3) is 5.65 Å². The second-order valence-corrected chi connectivity index (χ2v) is 6.33. The molecule has 0 spiro atoms. The zero-order valence-corrected chi connectivity index (χ0v) is 14.7. The molecule has 0 unspecified atom stereocenters.